The molecular weight excluding hydrogens is 525 g/mol. The minimum absolute atomic E-state index is 0.0248. The number of pyridine rings is 1. The van der Waals surface area contributed by atoms with Crippen LogP contribution < -0.4 is 15.0 Å². The van der Waals surface area contributed by atoms with Crippen LogP contribution in [0.25, 0.3) is 0 Å². The molecule has 2 heterocycles. The van der Waals surface area contributed by atoms with Crippen molar-refractivity contribution < 1.29 is 41.0 Å². The fourth-order valence-corrected chi connectivity index (χ4v) is 4.41. The first-order chi connectivity index (χ1) is 18.5. The molecule has 2 aliphatic rings. The van der Waals surface area contributed by atoms with Crippen molar-refractivity contribution in [3.05, 3.63) is 88.6 Å². The number of hydrogen-bond donors (Lipinski definition) is 1. The first kappa shape index (κ1) is 26.4. The molecule has 1 amide bonds. The number of esters is 1. The van der Waals surface area contributed by atoms with E-state index < -0.39 is 46.9 Å². The summed E-state index contributed by atoms with van der Waals surface area (Å²) in [6.07, 6.45) is -3.50. The second-order valence-electron chi connectivity index (χ2n) is 9.42. The molecular formula is C27H22F5N3O4. The highest BCUT2D eigenvalue weighted by atomic mass is 19.4. The third-order valence-electron chi connectivity index (χ3n) is 6.74. The van der Waals surface area contributed by atoms with Crippen LogP contribution in [0.2, 0.25) is 0 Å². The maximum absolute atomic E-state index is 13.9. The largest absolute Gasteiger partial charge is 0.484 e. The highest BCUT2D eigenvalue weighted by molar-refractivity contribution is 6.00. The molecule has 2 fully saturated rings. The standard InChI is InChI=1S/C27H22F5N3O4/c1-38-25(37)15-2-4-16(5-3-15)26(8-9-26)34-24(36)20-10-17(27(30,31)32)12-33-23(20)35-13-19(14-35)39-22-7-6-18(28)11-21(22)29/h2-7,10-12,19H,8-9,13-14H2,1H3,(H,34,36). The van der Waals surface area contributed by atoms with Crippen molar-refractivity contribution in [2.24, 2.45) is 0 Å². The molecule has 3 aromatic rings. The Bertz CT molecular complexity index is 1420. The Morgan fingerprint density at radius 3 is 2.33 bits per heavy atom. The molecule has 12 heteroatoms. The lowest BCUT2D eigenvalue weighted by Gasteiger charge is -2.40. The maximum atomic E-state index is 13.9. The summed E-state index contributed by atoms with van der Waals surface area (Å²) in [5.74, 6) is -3.03. The highest BCUT2D eigenvalue weighted by Gasteiger charge is 2.47. The molecule has 0 unspecified atom stereocenters. The van der Waals surface area contributed by atoms with E-state index in [4.69, 9.17) is 4.74 Å². The molecule has 39 heavy (non-hydrogen) atoms. The molecule has 0 atom stereocenters. The number of carbonyl (C=O) groups excluding carboxylic acids is 2. The van der Waals surface area contributed by atoms with Gasteiger partial charge in [0.2, 0.25) is 0 Å². The van der Waals surface area contributed by atoms with Gasteiger partial charge in [0, 0.05) is 12.3 Å². The van der Waals surface area contributed by atoms with Gasteiger partial charge in [-0.25, -0.2) is 18.6 Å². The topological polar surface area (TPSA) is 80.8 Å². The molecule has 204 valence electrons. The zero-order chi connectivity index (χ0) is 27.9. The Labute approximate surface area is 219 Å². The van der Waals surface area contributed by atoms with E-state index in [0.29, 0.717) is 36.2 Å². The highest BCUT2D eigenvalue weighted by Crippen LogP contribution is 2.46. The lowest BCUT2D eigenvalue weighted by molar-refractivity contribution is -0.137. The first-order valence-corrected chi connectivity index (χ1v) is 11.9. The van der Waals surface area contributed by atoms with Crippen LogP contribution in [0.4, 0.5) is 27.8 Å². The Balaban J connectivity index is 1.35. The van der Waals surface area contributed by atoms with Gasteiger partial charge < -0.3 is 19.7 Å². The summed E-state index contributed by atoms with van der Waals surface area (Å²) >= 11 is 0. The second-order valence-corrected chi connectivity index (χ2v) is 9.42. The number of ether oxygens (including phenoxy) is 2. The summed E-state index contributed by atoms with van der Waals surface area (Å²) in [7, 11) is 1.26. The van der Waals surface area contributed by atoms with Crippen molar-refractivity contribution in [3.63, 3.8) is 0 Å². The van der Waals surface area contributed by atoms with E-state index in [-0.39, 0.29) is 30.2 Å². The summed E-state index contributed by atoms with van der Waals surface area (Å²) in [6, 6.07) is 10.1. The van der Waals surface area contributed by atoms with Gasteiger partial charge in [0.1, 0.15) is 17.7 Å². The van der Waals surface area contributed by atoms with E-state index in [1.54, 1.807) is 29.2 Å². The molecule has 5 rings (SSSR count). The van der Waals surface area contributed by atoms with Gasteiger partial charge in [-0.05, 0) is 48.7 Å². The Hall–Kier alpha value is -4.22. The van der Waals surface area contributed by atoms with Crippen LogP contribution in [0.3, 0.4) is 0 Å². The molecule has 1 aliphatic heterocycles. The van der Waals surface area contributed by atoms with Gasteiger partial charge in [-0.2, -0.15) is 13.2 Å². The molecule has 0 spiro atoms. The zero-order valence-electron chi connectivity index (χ0n) is 20.5. The average molecular weight is 547 g/mol. The van der Waals surface area contributed by atoms with E-state index in [1.165, 1.54) is 7.11 Å². The normalized spacial score (nSPS) is 16.3. The van der Waals surface area contributed by atoms with Gasteiger partial charge in [0.05, 0.1) is 42.4 Å². The SMILES string of the molecule is COC(=O)c1ccc(C2(NC(=O)c3cc(C(F)(F)F)cnc3N3CC(Oc4ccc(F)cc4F)C3)CC2)cc1. The van der Waals surface area contributed by atoms with Gasteiger partial charge in [0.15, 0.2) is 11.6 Å². The van der Waals surface area contributed by atoms with Crippen molar-refractivity contribution in [3.8, 4) is 5.75 Å². The van der Waals surface area contributed by atoms with E-state index in [1.807, 2.05) is 0 Å². The monoisotopic (exact) mass is 547 g/mol. The van der Waals surface area contributed by atoms with Crippen LogP contribution in [0, 0.1) is 11.6 Å². The van der Waals surface area contributed by atoms with Crippen LogP contribution in [-0.4, -0.2) is 43.2 Å². The number of anilines is 1. The molecule has 1 saturated heterocycles. The third kappa shape index (κ3) is 5.36. The van der Waals surface area contributed by atoms with E-state index in [0.717, 1.165) is 18.2 Å². The van der Waals surface area contributed by atoms with Crippen LogP contribution in [0.5, 0.6) is 5.75 Å². The van der Waals surface area contributed by atoms with Gasteiger partial charge in [-0.1, -0.05) is 12.1 Å². The number of carbonyl (C=O) groups is 2. The minimum Gasteiger partial charge on any atom is -0.484 e. The van der Waals surface area contributed by atoms with E-state index >= 15 is 0 Å². The molecule has 0 radical (unpaired) electrons. The molecule has 1 saturated carbocycles. The zero-order valence-corrected chi connectivity index (χ0v) is 20.5. The maximum Gasteiger partial charge on any atom is 0.417 e. The van der Waals surface area contributed by atoms with Crippen molar-refractivity contribution >= 4 is 17.7 Å². The first-order valence-electron chi connectivity index (χ1n) is 11.9. The van der Waals surface area contributed by atoms with Crippen LogP contribution in [0.15, 0.2) is 54.7 Å². The van der Waals surface area contributed by atoms with Crippen LogP contribution in [0.1, 0.15) is 44.7 Å². The molecule has 7 nitrogen and oxygen atoms in total. The van der Waals surface area contributed by atoms with Crippen LogP contribution >= 0.6 is 0 Å². The average Bonchev–Trinajstić information content (AvgIpc) is 3.66. The van der Waals surface area contributed by atoms with Gasteiger partial charge in [-0.15, -0.1) is 0 Å². The summed E-state index contributed by atoms with van der Waals surface area (Å²) < 4.78 is 77.7. The minimum atomic E-state index is -4.72. The molecule has 0 bridgehead atoms. The second kappa shape index (κ2) is 9.83. The van der Waals surface area contributed by atoms with Crippen molar-refractivity contribution in [2.45, 2.75) is 30.7 Å². The number of nitrogens with one attached hydrogen (secondary N) is 1. The number of benzene rings is 2. The number of halogens is 5. The number of alkyl halides is 3. The van der Waals surface area contributed by atoms with Crippen molar-refractivity contribution in [1.29, 1.82) is 0 Å². The molecule has 1 N–H and O–H groups in total. The number of nitrogens with zero attached hydrogens (tertiary/aromatic N) is 2. The number of aromatic nitrogens is 1. The Morgan fingerprint density at radius 1 is 1.05 bits per heavy atom. The Morgan fingerprint density at radius 2 is 1.74 bits per heavy atom. The number of rotatable bonds is 7. The molecule has 1 aliphatic carbocycles. The predicted molar refractivity (Wildman–Crippen MR) is 128 cm³/mol. The van der Waals surface area contributed by atoms with Crippen molar-refractivity contribution in [1.82, 2.24) is 10.3 Å². The van der Waals surface area contributed by atoms with E-state index in [2.05, 4.69) is 15.0 Å². The quantitative estimate of drug-likeness (QED) is 0.337. The van der Waals surface area contributed by atoms with Crippen molar-refractivity contribution in [2.75, 3.05) is 25.1 Å². The van der Waals surface area contributed by atoms with Gasteiger partial charge in [0.25, 0.3) is 5.91 Å². The van der Waals surface area contributed by atoms with Gasteiger partial charge in [-0.3, -0.25) is 4.79 Å². The number of hydrogen-bond acceptors (Lipinski definition) is 6. The lowest BCUT2D eigenvalue weighted by atomic mass is 10.0. The molecule has 1 aromatic heterocycles. The van der Waals surface area contributed by atoms with E-state index in [9.17, 15) is 31.5 Å². The number of amides is 1. The Kier molecular flexibility index (Phi) is 6.65. The molecule has 2 aromatic carbocycles. The summed E-state index contributed by atoms with van der Waals surface area (Å²) in [5, 5.41) is 2.84. The lowest BCUT2D eigenvalue weighted by Crippen LogP contribution is -2.55. The van der Waals surface area contributed by atoms with Gasteiger partial charge >= 0.3 is 12.1 Å². The number of methoxy groups -OCH3 is 1. The third-order valence-corrected chi connectivity index (χ3v) is 6.74. The predicted octanol–water partition coefficient (Wildman–Crippen LogP) is 4.85. The summed E-state index contributed by atoms with van der Waals surface area (Å²) in [6.45, 7) is 0.241. The smallest absolute Gasteiger partial charge is 0.417 e. The fourth-order valence-electron chi connectivity index (χ4n) is 4.41. The fraction of sp³-hybridized carbons (Fsp3) is 0.296. The van der Waals surface area contributed by atoms with Crippen LogP contribution in [-0.2, 0) is 16.5 Å². The summed E-state index contributed by atoms with van der Waals surface area (Å²) in [4.78, 5) is 30.6. The summed E-state index contributed by atoms with van der Waals surface area (Å²) in [5.41, 5.74) is -1.12.